The van der Waals surface area contributed by atoms with Crippen LogP contribution in [0.4, 0.5) is 0 Å². The molecular weight excluding hydrogens is 264 g/mol. The molecule has 5 nitrogen and oxygen atoms in total. The minimum absolute atomic E-state index is 0.0126. The highest BCUT2D eigenvalue weighted by molar-refractivity contribution is 5.92. The number of benzene rings is 1. The number of aryl methyl sites for hydroxylation is 1. The molecule has 1 aromatic heterocycles. The van der Waals surface area contributed by atoms with Crippen LogP contribution in [0.25, 0.3) is 0 Å². The molecule has 2 heterocycles. The maximum atomic E-state index is 12.6. The van der Waals surface area contributed by atoms with E-state index in [2.05, 4.69) is 46.7 Å². The number of rotatable bonds is 3. The number of aromatic nitrogens is 2. The number of nitrogens with one attached hydrogen (secondary N) is 2. The molecule has 1 atom stereocenters. The lowest BCUT2D eigenvalue weighted by Crippen LogP contribution is -2.48. The number of hydrogen-bond donors (Lipinski definition) is 2. The van der Waals surface area contributed by atoms with Gasteiger partial charge in [-0.2, -0.15) is 5.10 Å². The summed E-state index contributed by atoms with van der Waals surface area (Å²) in [4.78, 5) is 14.5. The summed E-state index contributed by atoms with van der Waals surface area (Å²) in [5.74, 6) is 0.0126. The number of carbonyl (C=O) groups excluding carboxylic acids is 1. The van der Waals surface area contributed by atoms with E-state index in [4.69, 9.17) is 0 Å². The molecule has 0 bridgehead atoms. The highest BCUT2D eigenvalue weighted by Gasteiger charge is 2.29. The predicted octanol–water partition coefficient (Wildman–Crippen LogP) is 1.76. The third-order valence-electron chi connectivity index (χ3n) is 4.01. The summed E-state index contributed by atoms with van der Waals surface area (Å²) in [7, 11) is 0. The van der Waals surface area contributed by atoms with Crippen molar-refractivity contribution < 1.29 is 4.79 Å². The van der Waals surface area contributed by atoms with Gasteiger partial charge in [0, 0.05) is 25.8 Å². The summed E-state index contributed by atoms with van der Waals surface area (Å²) in [6.07, 6.45) is 2.64. The average molecular weight is 284 g/mol. The van der Waals surface area contributed by atoms with Gasteiger partial charge in [0.15, 0.2) is 0 Å². The number of amides is 1. The normalized spacial score (nSPS) is 18.7. The predicted molar refractivity (Wildman–Crippen MR) is 81.1 cm³/mol. The fraction of sp³-hybridized carbons (Fsp3) is 0.375. The third kappa shape index (κ3) is 2.83. The highest BCUT2D eigenvalue weighted by Crippen LogP contribution is 2.24. The summed E-state index contributed by atoms with van der Waals surface area (Å²) in [5.41, 5.74) is 3.04. The van der Waals surface area contributed by atoms with Crippen molar-refractivity contribution in [3.8, 4) is 0 Å². The molecular formula is C16H20N4O. The molecule has 2 aromatic rings. The van der Waals surface area contributed by atoms with Gasteiger partial charge in [-0.05, 0) is 23.6 Å². The molecule has 1 saturated heterocycles. The van der Waals surface area contributed by atoms with Gasteiger partial charge in [0.2, 0.25) is 0 Å². The lowest BCUT2D eigenvalue weighted by molar-refractivity contribution is 0.0628. The van der Waals surface area contributed by atoms with Crippen molar-refractivity contribution in [2.45, 2.75) is 19.4 Å². The molecule has 5 heteroatoms. The Kier molecular flexibility index (Phi) is 4.01. The smallest absolute Gasteiger partial charge is 0.272 e. The van der Waals surface area contributed by atoms with E-state index >= 15 is 0 Å². The first-order valence-electron chi connectivity index (χ1n) is 7.39. The number of carbonyl (C=O) groups is 1. The molecule has 1 aliphatic rings. The Hall–Kier alpha value is -2.14. The van der Waals surface area contributed by atoms with Crippen molar-refractivity contribution in [3.05, 3.63) is 53.3 Å². The molecule has 1 amide bonds. The molecule has 1 unspecified atom stereocenters. The van der Waals surface area contributed by atoms with Gasteiger partial charge in [0.05, 0.1) is 6.04 Å². The minimum atomic E-state index is 0.0126. The van der Waals surface area contributed by atoms with Crippen LogP contribution in [0, 0.1) is 0 Å². The Morgan fingerprint density at radius 1 is 1.33 bits per heavy atom. The molecule has 1 aliphatic heterocycles. The van der Waals surface area contributed by atoms with E-state index in [1.165, 1.54) is 11.1 Å². The molecule has 0 aliphatic carbocycles. The second kappa shape index (κ2) is 6.10. The quantitative estimate of drug-likeness (QED) is 0.903. The standard InChI is InChI=1S/C16H20N4O/c1-2-12-3-5-13(6-4-12)15-11-17-9-10-20(15)16(21)14-7-8-18-19-14/h3-8,15,17H,2,9-11H2,1H3,(H,18,19). The van der Waals surface area contributed by atoms with Crippen molar-refractivity contribution in [3.63, 3.8) is 0 Å². The number of hydrogen-bond acceptors (Lipinski definition) is 3. The first kappa shape index (κ1) is 13.8. The van der Waals surface area contributed by atoms with Crippen LogP contribution in [0.15, 0.2) is 36.5 Å². The average Bonchev–Trinajstić information content (AvgIpc) is 3.09. The number of H-pyrrole nitrogens is 1. The molecule has 0 spiro atoms. The summed E-state index contributed by atoms with van der Waals surface area (Å²) >= 11 is 0. The van der Waals surface area contributed by atoms with Crippen LogP contribution in [-0.2, 0) is 6.42 Å². The Labute approximate surface area is 124 Å². The first-order chi connectivity index (χ1) is 10.3. The molecule has 1 aromatic carbocycles. The Morgan fingerprint density at radius 2 is 2.14 bits per heavy atom. The van der Waals surface area contributed by atoms with E-state index in [1.807, 2.05) is 4.90 Å². The van der Waals surface area contributed by atoms with Gasteiger partial charge in [-0.25, -0.2) is 0 Å². The van der Waals surface area contributed by atoms with E-state index < -0.39 is 0 Å². The Balaban J connectivity index is 1.85. The van der Waals surface area contributed by atoms with Crippen LogP contribution in [0.1, 0.15) is 34.6 Å². The van der Waals surface area contributed by atoms with Gasteiger partial charge in [-0.1, -0.05) is 31.2 Å². The van der Waals surface area contributed by atoms with Crippen LogP contribution in [-0.4, -0.2) is 40.6 Å². The molecule has 1 fully saturated rings. The minimum Gasteiger partial charge on any atom is -0.328 e. The zero-order valence-corrected chi connectivity index (χ0v) is 12.2. The lowest BCUT2D eigenvalue weighted by Gasteiger charge is -2.36. The number of nitrogens with zero attached hydrogens (tertiary/aromatic N) is 2. The maximum absolute atomic E-state index is 12.6. The fourth-order valence-electron chi connectivity index (χ4n) is 2.75. The maximum Gasteiger partial charge on any atom is 0.272 e. The molecule has 0 saturated carbocycles. The molecule has 21 heavy (non-hydrogen) atoms. The second-order valence-corrected chi connectivity index (χ2v) is 5.28. The van der Waals surface area contributed by atoms with Crippen LogP contribution in [0.3, 0.4) is 0 Å². The monoisotopic (exact) mass is 284 g/mol. The van der Waals surface area contributed by atoms with Crippen LogP contribution in [0.5, 0.6) is 0 Å². The zero-order valence-electron chi connectivity index (χ0n) is 12.2. The second-order valence-electron chi connectivity index (χ2n) is 5.28. The van der Waals surface area contributed by atoms with Crippen molar-refractivity contribution in [1.82, 2.24) is 20.4 Å². The van der Waals surface area contributed by atoms with Crippen molar-refractivity contribution >= 4 is 5.91 Å². The summed E-state index contributed by atoms with van der Waals surface area (Å²) in [5, 5.41) is 10.0. The van der Waals surface area contributed by atoms with E-state index in [-0.39, 0.29) is 11.9 Å². The molecule has 110 valence electrons. The summed E-state index contributed by atoms with van der Waals surface area (Å²) < 4.78 is 0. The van der Waals surface area contributed by atoms with E-state index in [0.29, 0.717) is 12.2 Å². The van der Waals surface area contributed by atoms with Gasteiger partial charge in [0.1, 0.15) is 5.69 Å². The van der Waals surface area contributed by atoms with Crippen molar-refractivity contribution in [2.24, 2.45) is 0 Å². The lowest BCUT2D eigenvalue weighted by atomic mass is 10.0. The summed E-state index contributed by atoms with van der Waals surface area (Å²) in [6.45, 7) is 4.46. The van der Waals surface area contributed by atoms with Crippen molar-refractivity contribution in [2.75, 3.05) is 19.6 Å². The highest BCUT2D eigenvalue weighted by atomic mass is 16.2. The van der Waals surface area contributed by atoms with Gasteiger partial charge in [0.25, 0.3) is 5.91 Å². The summed E-state index contributed by atoms with van der Waals surface area (Å²) in [6, 6.07) is 10.3. The zero-order chi connectivity index (χ0) is 14.7. The number of piperazine rings is 1. The van der Waals surface area contributed by atoms with E-state index in [9.17, 15) is 4.79 Å². The third-order valence-corrected chi connectivity index (χ3v) is 4.01. The Morgan fingerprint density at radius 3 is 2.81 bits per heavy atom. The van der Waals surface area contributed by atoms with Gasteiger partial charge >= 0.3 is 0 Å². The Bertz CT molecular complexity index is 591. The SMILES string of the molecule is CCc1ccc(C2CNCCN2C(=O)c2ccn[nH]2)cc1. The molecule has 0 radical (unpaired) electrons. The molecule has 2 N–H and O–H groups in total. The van der Waals surface area contributed by atoms with Gasteiger partial charge in [-0.15, -0.1) is 0 Å². The fourth-order valence-corrected chi connectivity index (χ4v) is 2.75. The van der Waals surface area contributed by atoms with E-state index in [0.717, 1.165) is 19.5 Å². The molecule has 3 rings (SSSR count). The van der Waals surface area contributed by atoms with Crippen LogP contribution < -0.4 is 5.32 Å². The first-order valence-corrected chi connectivity index (χ1v) is 7.39. The topological polar surface area (TPSA) is 61.0 Å². The largest absolute Gasteiger partial charge is 0.328 e. The van der Waals surface area contributed by atoms with Crippen molar-refractivity contribution in [1.29, 1.82) is 0 Å². The van der Waals surface area contributed by atoms with Gasteiger partial charge < -0.3 is 10.2 Å². The van der Waals surface area contributed by atoms with Crippen LogP contribution in [0.2, 0.25) is 0 Å². The number of aromatic amines is 1. The van der Waals surface area contributed by atoms with E-state index in [1.54, 1.807) is 12.3 Å². The van der Waals surface area contributed by atoms with Crippen LogP contribution >= 0.6 is 0 Å². The van der Waals surface area contributed by atoms with Gasteiger partial charge in [-0.3, -0.25) is 9.89 Å².